The minimum atomic E-state index is -0.366. The summed E-state index contributed by atoms with van der Waals surface area (Å²) >= 11 is 1.44. The minimum absolute atomic E-state index is 0. The maximum atomic E-state index is 12.0. The van der Waals surface area contributed by atoms with Crippen molar-refractivity contribution in [2.45, 2.75) is 29.5 Å². The molecule has 2 rings (SSSR count). The molecule has 2 amide bonds. The van der Waals surface area contributed by atoms with Crippen LogP contribution in [-0.2, 0) is 9.59 Å². The Labute approximate surface area is 135 Å². The van der Waals surface area contributed by atoms with E-state index < -0.39 is 0 Å². The fourth-order valence-corrected chi connectivity index (χ4v) is 2.95. The minimum Gasteiger partial charge on any atom is -0.355 e. The van der Waals surface area contributed by atoms with Crippen molar-refractivity contribution in [1.29, 1.82) is 0 Å². The van der Waals surface area contributed by atoms with Gasteiger partial charge in [0.05, 0.1) is 10.9 Å². The molecule has 1 aliphatic heterocycles. The molecule has 1 aromatic carbocycles. The van der Waals surface area contributed by atoms with E-state index in [-0.39, 0.29) is 41.9 Å². The second-order valence-electron chi connectivity index (χ2n) is 4.79. The highest BCUT2D eigenvalue weighted by Gasteiger charge is 2.28. The van der Waals surface area contributed by atoms with E-state index in [1.54, 1.807) is 0 Å². The Morgan fingerprint density at radius 2 is 2.14 bits per heavy atom. The predicted molar refractivity (Wildman–Crippen MR) is 88.1 cm³/mol. The van der Waals surface area contributed by atoms with Gasteiger partial charge in [0.25, 0.3) is 0 Å². The second kappa shape index (κ2) is 8.26. The van der Waals surface area contributed by atoms with Crippen molar-refractivity contribution in [2.75, 3.05) is 18.9 Å². The molecule has 2 unspecified atom stereocenters. The first-order chi connectivity index (χ1) is 9.60. The molecule has 0 saturated carbocycles. The molecule has 1 aromatic rings. The topological polar surface area (TPSA) is 70.2 Å². The van der Waals surface area contributed by atoms with Crippen molar-refractivity contribution in [1.82, 2.24) is 10.6 Å². The number of rotatable bonds is 5. The van der Waals surface area contributed by atoms with Gasteiger partial charge in [0.2, 0.25) is 11.8 Å². The standard InChI is InChI=1S/C14H19N3O2S.ClH/c1-9(15-2)8-16-13(18)7-12-14(19)17-10-5-3-4-6-11(10)20-12;/h3-6,9,12,15H,7-8H2,1-2H3,(H,16,18)(H,17,19);1H. The van der Waals surface area contributed by atoms with Gasteiger partial charge in [-0.3, -0.25) is 9.59 Å². The normalized spacial score (nSPS) is 18.0. The molecule has 1 heterocycles. The highest BCUT2D eigenvalue weighted by atomic mass is 35.5. The van der Waals surface area contributed by atoms with E-state index in [4.69, 9.17) is 0 Å². The first kappa shape index (κ1) is 17.8. The highest BCUT2D eigenvalue weighted by Crippen LogP contribution is 2.36. The molecule has 0 fully saturated rings. The maximum Gasteiger partial charge on any atom is 0.238 e. The SMILES string of the molecule is CNC(C)CNC(=O)CC1Sc2ccccc2NC1=O.Cl. The third kappa shape index (κ3) is 4.91. The Balaban J connectivity index is 0.00000220. The van der Waals surface area contributed by atoms with Crippen LogP contribution in [0.25, 0.3) is 0 Å². The first-order valence-corrected chi connectivity index (χ1v) is 7.48. The molecular weight excluding hydrogens is 310 g/mol. The van der Waals surface area contributed by atoms with Crippen molar-refractivity contribution < 1.29 is 9.59 Å². The van der Waals surface area contributed by atoms with Crippen LogP contribution < -0.4 is 16.0 Å². The maximum absolute atomic E-state index is 12.0. The number of likely N-dealkylation sites (N-methyl/N-ethyl adjacent to an activating group) is 1. The van der Waals surface area contributed by atoms with Gasteiger partial charge in [-0.15, -0.1) is 24.2 Å². The molecule has 0 aliphatic carbocycles. The van der Waals surface area contributed by atoms with Crippen LogP contribution in [0.4, 0.5) is 5.69 Å². The van der Waals surface area contributed by atoms with Crippen LogP contribution in [0.15, 0.2) is 29.2 Å². The lowest BCUT2D eigenvalue weighted by Gasteiger charge is -2.23. The van der Waals surface area contributed by atoms with E-state index in [9.17, 15) is 9.59 Å². The molecule has 0 spiro atoms. The first-order valence-electron chi connectivity index (χ1n) is 6.60. The molecule has 3 N–H and O–H groups in total. The van der Waals surface area contributed by atoms with Crippen LogP contribution >= 0.6 is 24.2 Å². The van der Waals surface area contributed by atoms with Gasteiger partial charge in [0.1, 0.15) is 0 Å². The van der Waals surface area contributed by atoms with Crippen molar-refractivity contribution in [3.8, 4) is 0 Å². The van der Waals surface area contributed by atoms with Gasteiger partial charge in [-0.1, -0.05) is 12.1 Å². The summed E-state index contributed by atoms with van der Waals surface area (Å²) in [6.45, 7) is 2.55. The van der Waals surface area contributed by atoms with Crippen LogP contribution in [0.3, 0.4) is 0 Å². The molecule has 7 heteroatoms. The predicted octanol–water partition coefficient (Wildman–Crippen LogP) is 1.64. The smallest absolute Gasteiger partial charge is 0.238 e. The number of thioether (sulfide) groups is 1. The Kier molecular flexibility index (Phi) is 7.01. The molecule has 5 nitrogen and oxygen atoms in total. The van der Waals surface area contributed by atoms with E-state index >= 15 is 0 Å². The van der Waals surface area contributed by atoms with Gasteiger partial charge in [-0.2, -0.15) is 0 Å². The molecule has 0 radical (unpaired) electrons. The summed E-state index contributed by atoms with van der Waals surface area (Å²) in [5.74, 6) is -0.204. The van der Waals surface area contributed by atoms with Gasteiger partial charge < -0.3 is 16.0 Å². The summed E-state index contributed by atoms with van der Waals surface area (Å²) in [6, 6.07) is 7.84. The number of carbonyl (C=O) groups is 2. The molecule has 21 heavy (non-hydrogen) atoms. The van der Waals surface area contributed by atoms with Crippen LogP contribution in [0.1, 0.15) is 13.3 Å². The molecule has 0 saturated heterocycles. The number of carbonyl (C=O) groups excluding carboxylic acids is 2. The lowest BCUT2D eigenvalue weighted by Crippen LogP contribution is -2.40. The molecule has 2 atom stereocenters. The lowest BCUT2D eigenvalue weighted by atomic mass is 10.2. The number of fused-ring (bicyclic) bond motifs is 1. The van der Waals surface area contributed by atoms with E-state index in [2.05, 4.69) is 16.0 Å². The van der Waals surface area contributed by atoms with Crippen molar-refractivity contribution >= 4 is 41.7 Å². The Bertz CT molecular complexity index is 513. The number of halogens is 1. The highest BCUT2D eigenvalue weighted by molar-refractivity contribution is 8.01. The number of amides is 2. The lowest BCUT2D eigenvalue weighted by molar-refractivity contribution is -0.124. The number of para-hydroxylation sites is 1. The fourth-order valence-electron chi connectivity index (χ4n) is 1.84. The van der Waals surface area contributed by atoms with Gasteiger partial charge in [-0.05, 0) is 26.1 Å². The van der Waals surface area contributed by atoms with Gasteiger partial charge in [0.15, 0.2) is 0 Å². The monoisotopic (exact) mass is 329 g/mol. The molecule has 116 valence electrons. The van der Waals surface area contributed by atoms with Crippen molar-refractivity contribution in [2.24, 2.45) is 0 Å². The van der Waals surface area contributed by atoms with Crippen LogP contribution in [0.5, 0.6) is 0 Å². The average Bonchev–Trinajstić information content (AvgIpc) is 2.45. The molecule has 0 bridgehead atoms. The Hall–Kier alpha value is -1.24. The zero-order valence-electron chi connectivity index (χ0n) is 12.0. The largest absolute Gasteiger partial charge is 0.355 e. The summed E-state index contributed by atoms with van der Waals surface area (Å²) in [4.78, 5) is 24.8. The summed E-state index contributed by atoms with van der Waals surface area (Å²) in [6.07, 6.45) is 0.196. The van der Waals surface area contributed by atoms with Crippen LogP contribution in [0.2, 0.25) is 0 Å². The number of benzene rings is 1. The summed E-state index contributed by atoms with van der Waals surface area (Å²) < 4.78 is 0. The van der Waals surface area contributed by atoms with Gasteiger partial charge >= 0.3 is 0 Å². The number of hydrogen-bond acceptors (Lipinski definition) is 4. The van der Waals surface area contributed by atoms with E-state index in [0.717, 1.165) is 10.6 Å². The third-order valence-electron chi connectivity index (χ3n) is 3.18. The van der Waals surface area contributed by atoms with Crippen molar-refractivity contribution in [3.05, 3.63) is 24.3 Å². The van der Waals surface area contributed by atoms with Gasteiger partial charge in [0, 0.05) is 23.9 Å². The Morgan fingerprint density at radius 1 is 1.43 bits per heavy atom. The van der Waals surface area contributed by atoms with E-state index in [1.807, 2.05) is 38.2 Å². The van der Waals surface area contributed by atoms with Crippen LogP contribution in [0, 0.1) is 0 Å². The van der Waals surface area contributed by atoms with E-state index in [0.29, 0.717) is 6.54 Å². The summed E-state index contributed by atoms with van der Waals surface area (Å²) in [5, 5.41) is 8.35. The summed E-state index contributed by atoms with van der Waals surface area (Å²) in [5.41, 5.74) is 0.822. The third-order valence-corrected chi connectivity index (χ3v) is 4.45. The van der Waals surface area contributed by atoms with Crippen LogP contribution in [-0.4, -0.2) is 36.7 Å². The molecular formula is C14H20ClN3O2S. The zero-order valence-corrected chi connectivity index (χ0v) is 13.6. The van der Waals surface area contributed by atoms with Crippen molar-refractivity contribution in [3.63, 3.8) is 0 Å². The number of anilines is 1. The van der Waals surface area contributed by atoms with Gasteiger partial charge in [-0.25, -0.2) is 0 Å². The summed E-state index contributed by atoms with van der Waals surface area (Å²) in [7, 11) is 1.85. The number of nitrogens with one attached hydrogen (secondary N) is 3. The quantitative estimate of drug-likeness (QED) is 0.768. The fraction of sp³-hybridized carbons (Fsp3) is 0.429. The zero-order chi connectivity index (χ0) is 14.5. The Morgan fingerprint density at radius 3 is 2.86 bits per heavy atom. The average molecular weight is 330 g/mol. The molecule has 0 aromatic heterocycles. The number of hydrogen-bond donors (Lipinski definition) is 3. The second-order valence-corrected chi connectivity index (χ2v) is 6.03. The molecule has 1 aliphatic rings. The van der Waals surface area contributed by atoms with E-state index in [1.165, 1.54) is 11.8 Å².